The number of benzene rings is 1. The largest absolute Gasteiger partial charge is 0.483 e. The summed E-state index contributed by atoms with van der Waals surface area (Å²) in [4.78, 5) is 8.36. The van der Waals surface area contributed by atoms with Crippen molar-refractivity contribution in [2.45, 2.75) is 13.1 Å². The lowest BCUT2D eigenvalue weighted by Crippen LogP contribution is -1.99. The van der Waals surface area contributed by atoms with Gasteiger partial charge in [-0.15, -0.1) is 0 Å². The van der Waals surface area contributed by atoms with Gasteiger partial charge in [-0.1, -0.05) is 24.3 Å². The van der Waals surface area contributed by atoms with E-state index < -0.39 is 0 Å². The van der Waals surface area contributed by atoms with Gasteiger partial charge in [-0.05, 0) is 11.1 Å². The Hall–Kier alpha value is -1.35. The molecule has 0 bridgehead atoms. The number of carboxylic acid groups (broad SMARTS) is 1. The summed E-state index contributed by atoms with van der Waals surface area (Å²) in [6.45, 7) is 1.85. The molecule has 0 radical (unpaired) electrons. The predicted octanol–water partition coefficient (Wildman–Crippen LogP) is 0.991. The highest BCUT2D eigenvalue weighted by Crippen LogP contribution is 2.12. The topological polar surface area (TPSA) is 49.3 Å². The fraction of sp³-hybridized carbons (Fsp3) is 0.222. The van der Waals surface area contributed by atoms with E-state index in [4.69, 9.17) is 9.90 Å². The Morgan fingerprint density at radius 3 is 2.08 bits per heavy atom. The van der Waals surface area contributed by atoms with Crippen molar-refractivity contribution >= 4 is 6.47 Å². The van der Waals surface area contributed by atoms with Gasteiger partial charge in [0.15, 0.2) is 0 Å². The third-order valence-electron chi connectivity index (χ3n) is 1.75. The lowest BCUT2D eigenvalue weighted by molar-refractivity contribution is -0.122. The molecular weight excluding hydrogens is 154 g/mol. The maximum atomic E-state index is 8.36. The van der Waals surface area contributed by atoms with Crippen LogP contribution in [-0.2, 0) is 17.9 Å². The molecule has 1 aliphatic heterocycles. The van der Waals surface area contributed by atoms with E-state index in [-0.39, 0.29) is 6.47 Å². The van der Waals surface area contributed by atoms with Crippen molar-refractivity contribution < 1.29 is 9.90 Å². The molecule has 1 aliphatic rings. The molecule has 2 N–H and O–H groups in total. The quantitative estimate of drug-likeness (QED) is 0.563. The molecule has 0 aromatic heterocycles. The molecule has 1 aromatic carbocycles. The Morgan fingerprint density at radius 1 is 1.25 bits per heavy atom. The van der Waals surface area contributed by atoms with Crippen LogP contribution in [0.2, 0.25) is 0 Å². The van der Waals surface area contributed by atoms with Crippen molar-refractivity contribution in [1.82, 2.24) is 5.32 Å². The highest BCUT2D eigenvalue weighted by molar-refractivity contribution is 5.32. The first-order valence-corrected chi connectivity index (χ1v) is 3.74. The molecule has 0 saturated carbocycles. The number of nitrogens with one attached hydrogen (secondary N) is 1. The molecule has 0 spiro atoms. The van der Waals surface area contributed by atoms with E-state index in [2.05, 4.69) is 29.6 Å². The molecule has 0 aliphatic carbocycles. The summed E-state index contributed by atoms with van der Waals surface area (Å²) in [5, 5.41) is 10.2. The van der Waals surface area contributed by atoms with Gasteiger partial charge in [0.2, 0.25) is 0 Å². The van der Waals surface area contributed by atoms with Crippen molar-refractivity contribution in [2.24, 2.45) is 0 Å². The zero-order valence-corrected chi connectivity index (χ0v) is 6.66. The molecule has 0 saturated heterocycles. The molecule has 0 fully saturated rings. The van der Waals surface area contributed by atoms with Crippen LogP contribution in [0.4, 0.5) is 0 Å². The minimum atomic E-state index is -0.250. The molecule has 1 heterocycles. The fourth-order valence-corrected chi connectivity index (χ4v) is 1.23. The van der Waals surface area contributed by atoms with Gasteiger partial charge in [0.05, 0.1) is 0 Å². The standard InChI is InChI=1S/C8H9N.CH2O2/c1-2-4-8-6-9-5-7(8)3-1;2-1-3/h1-4,9H,5-6H2;1H,(H,2,3). The molecule has 64 valence electrons. The zero-order valence-electron chi connectivity index (χ0n) is 6.66. The van der Waals surface area contributed by atoms with Gasteiger partial charge in [-0.25, -0.2) is 0 Å². The van der Waals surface area contributed by atoms with Gasteiger partial charge < -0.3 is 10.4 Å². The maximum absolute atomic E-state index is 8.36. The second-order valence-corrected chi connectivity index (χ2v) is 2.48. The summed E-state index contributed by atoms with van der Waals surface area (Å²) in [5.41, 5.74) is 2.91. The fourth-order valence-electron chi connectivity index (χ4n) is 1.23. The Bertz CT molecular complexity index is 237. The zero-order chi connectivity index (χ0) is 8.81. The number of carbonyl (C=O) groups is 1. The third-order valence-corrected chi connectivity index (χ3v) is 1.75. The van der Waals surface area contributed by atoms with Crippen LogP contribution in [0, 0.1) is 0 Å². The predicted molar refractivity (Wildman–Crippen MR) is 45.7 cm³/mol. The van der Waals surface area contributed by atoms with E-state index in [1.165, 1.54) is 11.1 Å². The molecule has 0 atom stereocenters. The van der Waals surface area contributed by atoms with Crippen LogP contribution in [0.5, 0.6) is 0 Å². The Morgan fingerprint density at radius 2 is 1.67 bits per heavy atom. The Balaban J connectivity index is 0.000000213. The van der Waals surface area contributed by atoms with Gasteiger partial charge in [0.1, 0.15) is 0 Å². The first-order chi connectivity index (χ1) is 5.88. The molecule has 12 heavy (non-hydrogen) atoms. The summed E-state index contributed by atoms with van der Waals surface area (Å²) in [6.07, 6.45) is 0. The third kappa shape index (κ3) is 2.07. The van der Waals surface area contributed by atoms with Crippen LogP contribution >= 0.6 is 0 Å². The summed E-state index contributed by atoms with van der Waals surface area (Å²) < 4.78 is 0. The highest BCUT2D eigenvalue weighted by Gasteiger charge is 2.06. The summed E-state index contributed by atoms with van der Waals surface area (Å²) in [5.74, 6) is 0. The monoisotopic (exact) mass is 165 g/mol. The van der Waals surface area contributed by atoms with E-state index in [9.17, 15) is 0 Å². The van der Waals surface area contributed by atoms with Gasteiger partial charge >= 0.3 is 0 Å². The van der Waals surface area contributed by atoms with Crippen molar-refractivity contribution in [3.8, 4) is 0 Å². The van der Waals surface area contributed by atoms with E-state index in [1.807, 2.05) is 0 Å². The lowest BCUT2D eigenvalue weighted by Gasteiger charge is -1.91. The first kappa shape index (κ1) is 8.74. The maximum Gasteiger partial charge on any atom is 0.290 e. The minimum Gasteiger partial charge on any atom is -0.483 e. The molecule has 3 heteroatoms. The molecule has 0 amide bonds. The van der Waals surface area contributed by atoms with Crippen LogP contribution in [0.1, 0.15) is 11.1 Å². The smallest absolute Gasteiger partial charge is 0.290 e. The Kier molecular flexibility index (Phi) is 3.29. The number of hydrogen-bond acceptors (Lipinski definition) is 2. The van der Waals surface area contributed by atoms with Crippen molar-refractivity contribution in [3.05, 3.63) is 35.4 Å². The number of hydrogen-bond donors (Lipinski definition) is 2. The van der Waals surface area contributed by atoms with Crippen LogP contribution < -0.4 is 5.32 Å². The summed E-state index contributed by atoms with van der Waals surface area (Å²) in [7, 11) is 0. The number of fused-ring (bicyclic) bond motifs is 1. The van der Waals surface area contributed by atoms with Gasteiger partial charge in [0.25, 0.3) is 6.47 Å². The van der Waals surface area contributed by atoms with E-state index in [0.717, 1.165) is 13.1 Å². The normalized spacial score (nSPS) is 12.7. The average molecular weight is 165 g/mol. The average Bonchev–Trinajstić information content (AvgIpc) is 2.52. The molecule has 3 nitrogen and oxygen atoms in total. The van der Waals surface area contributed by atoms with E-state index >= 15 is 0 Å². The van der Waals surface area contributed by atoms with Gasteiger partial charge in [0, 0.05) is 13.1 Å². The van der Waals surface area contributed by atoms with E-state index in [0.29, 0.717) is 0 Å². The summed E-state index contributed by atoms with van der Waals surface area (Å²) in [6, 6.07) is 8.53. The molecule has 0 unspecified atom stereocenters. The van der Waals surface area contributed by atoms with Crippen LogP contribution in [0.15, 0.2) is 24.3 Å². The van der Waals surface area contributed by atoms with Crippen molar-refractivity contribution in [1.29, 1.82) is 0 Å². The SMILES string of the molecule is O=CO.c1ccc2c(c1)CNC2. The minimum absolute atomic E-state index is 0.250. The molecule has 2 rings (SSSR count). The van der Waals surface area contributed by atoms with Crippen LogP contribution in [0.3, 0.4) is 0 Å². The Labute approximate surface area is 71.0 Å². The lowest BCUT2D eigenvalue weighted by atomic mass is 10.1. The van der Waals surface area contributed by atoms with Crippen molar-refractivity contribution in [3.63, 3.8) is 0 Å². The van der Waals surface area contributed by atoms with Crippen LogP contribution in [0.25, 0.3) is 0 Å². The second-order valence-electron chi connectivity index (χ2n) is 2.48. The number of rotatable bonds is 0. The van der Waals surface area contributed by atoms with Gasteiger partial charge in [-0.2, -0.15) is 0 Å². The highest BCUT2D eigenvalue weighted by atomic mass is 16.3. The summed E-state index contributed by atoms with van der Waals surface area (Å²) >= 11 is 0. The molecule has 1 aromatic rings. The van der Waals surface area contributed by atoms with Crippen LogP contribution in [-0.4, -0.2) is 11.6 Å². The van der Waals surface area contributed by atoms with Crippen molar-refractivity contribution in [2.75, 3.05) is 0 Å². The van der Waals surface area contributed by atoms with E-state index in [1.54, 1.807) is 0 Å². The first-order valence-electron chi connectivity index (χ1n) is 3.74. The molecular formula is C9H11NO2. The van der Waals surface area contributed by atoms with Gasteiger partial charge in [-0.3, -0.25) is 4.79 Å². The second kappa shape index (κ2) is 4.51.